The summed E-state index contributed by atoms with van der Waals surface area (Å²) in [6.07, 6.45) is 0. The molecule has 0 aliphatic heterocycles. The van der Waals surface area contributed by atoms with Crippen molar-refractivity contribution in [3.05, 3.63) is 63.1 Å². The summed E-state index contributed by atoms with van der Waals surface area (Å²) >= 11 is 9.25. The third-order valence-corrected chi connectivity index (χ3v) is 3.73. The highest BCUT2D eigenvalue weighted by Crippen LogP contribution is 2.29. The average Bonchev–Trinajstić information content (AvgIpc) is 2.47. The van der Waals surface area contributed by atoms with Crippen LogP contribution in [0.25, 0.3) is 0 Å². The van der Waals surface area contributed by atoms with E-state index in [1.807, 2.05) is 6.07 Å². The number of carbonyl (C=O) groups excluding carboxylic acids is 1. The Kier molecular flexibility index (Phi) is 5.00. The number of nitrogens with zero attached hydrogens (tertiary/aromatic N) is 1. The van der Waals surface area contributed by atoms with Crippen LogP contribution in [0.15, 0.2) is 46.9 Å². The summed E-state index contributed by atoms with van der Waals surface area (Å²) in [5.41, 5.74) is 0.937. The number of Topliss-reactive ketones (excluding diaryl/α,β-unsaturated/α-hetero) is 1. The summed E-state index contributed by atoms with van der Waals surface area (Å²) in [5.74, 6) is -0.806. The largest absolute Gasteiger partial charge is 0.496 e. The van der Waals surface area contributed by atoms with E-state index in [2.05, 4.69) is 15.9 Å². The fourth-order valence-corrected chi connectivity index (χ4v) is 2.53. The first kappa shape index (κ1) is 15.6. The van der Waals surface area contributed by atoms with Gasteiger partial charge in [0.1, 0.15) is 11.7 Å². The zero-order chi connectivity index (χ0) is 15.4. The second-order valence-corrected chi connectivity index (χ2v) is 5.68. The van der Waals surface area contributed by atoms with Crippen LogP contribution >= 0.6 is 27.5 Å². The molecule has 0 radical (unpaired) electrons. The number of hydrogen-bond acceptors (Lipinski definition) is 3. The molecule has 21 heavy (non-hydrogen) atoms. The van der Waals surface area contributed by atoms with Crippen molar-refractivity contribution in [1.29, 1.82) is 5.26 Å². The summed E-state index contributed by atoms with van der Waals surface area (Å²) in [5, 5.41) is 9.85. The molecule has 0 heterocycles. The Balaban J connectivity index is 2.45. The van der Waals surface area contributed by atoms with Crippen molar-refractivity contribution < 1.29 is 9.53 Å². The highest BCUT2D eigenvalue weighted by atomic mass is 79.9. The van der Waals surface area contributed by atoms with Crippen molar-refractivity contribution in [2.45, 2.75) is 5.92 Å². The number of halogens is 2. The molecule has 0 aliphatic rings. The Morgan fingerprint density at radius 1 is 1.33 bits per heavy atom. The summed E-state index contributed by atoms with van der Waals surface area (Å²) in [6.45, 7) is 0. The second-order valence-electron chi connectivity index (χ2n) is 4.33. The lowest BCUT2D eigenvalue weighted by Gasteiger charge is -2.12. The Morgan fingerprint density at radius 3 is 2.71 bits per heavy atom. The van der Waals surface area contributed by atoms with Gasteiger partial charge in [-0.1, -0.05) is 39.7 Å². The minimum absolute atomic E-state index is 0.316. The molecule has 0 aliphatic carbocycles. The van der Waals surface area contributed by atoms with E-state index in [9.17, 15) is 10.1 Å². The van der Waals surface area contributed by atoms with E-state index in [0.29, 0.717) is 21.9 Å². The minimum atomic E-state index is -0.918. The first-order valence-electron chi connectivity index (χ1n) is 6.09. The summed E-state index contributed by atoms with van der Waals surface area (Å²) < 4.78 is 6.01. The molecule has 2 rings (SSSR count). The third-order valence-electron chi connectivity index (χ3n) is 3.00. The topological polar surface area (TPSA) is 50.1 Å². The van der Waals surface area contributed by atoms with Gasteiger partial charge in [0, 0.05) is 9.50 Å². The van der Waals surface area contributed by atoms with Gasteiger partial charge >= 0.3 is 0 Å². The van der Waals surface area contributed by atoms with E-state index in [4.69, 9.17) is 16.3 Å². The van der Waals surface area contributed by atoms with Crippen molar-refractivity contribution in [2.75, 3.05) is 7.11 Å². The van der Waals surface area contributed by atoms with E-state index in [0.717, 1.165) is 4.47 Å². The van der Waals surface area contributed by atoms with E-state index in [1.165, 1.54) is 7.11 Å². The summed E-state index contributed by atoms with van der Waals surface area (Å²) in [7, 11) is 1.49. The van der Waals surface area contributed by atoms with Crippen LogP contribution < -0.4 is 4.74 Å². The number of ether oxygens (including phenoxy) is 1. The predicted octanol–water partition coefficient (Wildman–Crippen LogP) is 4.60. The number of methoxy groups -OCH3 is 1. The Labute approximate surface area is 136 Å². The van der Waals surface area contributed by atoms with Gasteiger partial charge < -0.3 is 4.74 Å². The maximum absolute atomic E-state index is 12.6. The van der Waals surface area contributed by atoms with Gasteiger partial charge in [-0.3, -0.25) is 4.79 Å². The van der Waals surface area contributed by atoms with Gasteiger partial charge in [0.15, 0.2) is 5.78 Å². The Bertz CT molecular complexity index is 724. The first-order chi connectivity index (χ1) is 10.1. The molecule has 0 spiro atoms. The van der Waals surface area contributed by atoms with Crippen molar-refractivity contribution in [3.8, 4) is 11.8 Å². The molecule has 0 saturated heterocycles. The van der Waals surface area contributed by atoms with Gasteiger partial charge in [-0.25, -0.2) is 0 Å². The van der Waals surface area contributed by atoms with Gasteiger partial charge in [-0.2, -0.15) is 5.26 Å². The first-order valence-corrected chi connectivity index (χ1v) is 7.26. The summed E-state index contributed by atoms with van der Waals surface area (Å²) in [4.78, 5) is 12.6. The average molecular weight is 365 g/mol. The Morgan fingerprint density at radius 2 is 2.10 bits per heavy atom. The molecule has 0 saturated carbocycles. The molecule has 0 fully saturated rings. The number of nitriles is 1. The van der Waals surface area contributed by atoms with Crippen LogP contribution in [-0.2, 0) is 0 Å². The normalized spacial score (nSPS) is 11.5. The number of carbonyl (C=O) groups is 1. The molecule has 0 amide bonds. The highest BCUT2D eigenvalue weighted by Gasteiger charge is 2.24. The van der Waals surface area contributed by atoms with E-state index < -0.39 is 5.92 Å². The van der Waals surface area contributed by atoms with Crippen LogP contribution in [0.2, 0.25) is 5.02 Å². The van der Waals surface area contributed by atoms with Crippen LogP contribution in [0, 0.1) is 11.3 Å². The number of rotatable bonds is 4. The molecular weight excluding hydrogens is 354 g/mol. The molecule has 2 aromatic rings. The maximum atomic E-state index is 12.6. The number of ketones is 1. The highest BCUT2D eigenvalue weighted by molar-refractivity contribution is 9.10. The Hall–Kier alpha value is -1.83. The zero-order valence-corrected chi connectivity index (χ0v) is 13.5. The number of hydrogen-bond donors (Lipinski definition) is 0. The van der Waals surface area contributed by atoms with Crippen LogP contribution in [-0.4, -0.2) is 12.9 Å². The van der Waals surface area contributed by atoms with Crippen LogP contribution in [0.3, 0.4) is 0 Å². The van der Waals surface area contributed by atoms with Crippen molar-refractivity contribution in [2.24, 2.45) is 0 Å². The van der Waals surface area contributed by atoms with Crippen molar-refractivity contribution in [3.63, 3.8) is 0 Å². The SMILES string of the molecule is COc1cc(Br)ccc1C(=O)C(C#N)c1cccc(Cl)c1. The fourth-order valence-electron chi connectivity index (χ4n) is 1.99. The quantitative estimate of drug-likeness (QED) is 0.745. The standard InChI is InChI=1S/C16H11BrClNO2/c1-21-15-8-11(17)5-6-13(15)16(20)14(9-19)10-3-2-4-12(18)7-10/h2-8,14H,1H3. The van der Waals surface area contributed by atoms with Gasteiger partial charge in [-0.15, -0.1) is 0 Å². The third kappa shape index (κ3) is 3.44. The second kappa shape index (κ2) is 6.75. The van der Waals surface area contributed by atoms with Gasteiger partial charge in [-0.05, 0) is 35.9 Å². The van der Waals surface area contributed by atoms with Crippen molar-refractivity contribution in [1.82, 2.24) is 0 Å². The van der Waals surface area contributed by atoms with Crippen molar-refractivity contribution >= 4 is 33.3 Å². The molecule has 106 valence electrons. The monoisotopic (exact) mass is 363 g/mol. The fraction of sp³-hybridized carbons (Fsp3) is 0.125. The molecule has 5 heteroatoms. The zero-order valence-electron chi connectivity index (χ0n) is 11.1. The van der Waals surface area contributed by atoms with E-state index >= 15 is 0 Å². The maximum Gasteiger partial charge on any atom is 0.188 e. The lowest BCUT2D eigenvalue weighted by molar-refractivity contribution is 0.0976. The van der Waals surface area contributed by atoms with Crippen LogP contribution in [0.4, 0.5) is 0 Å². The van der Waals surface area contributed by atoms with Crippen LogP contribution in [0.5, 0.6) is 5.75 Å². The smallest absolute Gasteiger partial charge is 0.188 e. The van der Waals surface area contributed by atoms with Crippen LogP contribution in [0.1, 0.15) is 21.8 Å². The van der Waals surface area contributed by atoms with Gasteiger partial charge in [0.25, 0.3) is 0 Å². The van der Waals surface area contributed by atoms with E-state index in [1.54, 1.807) is 42.5 Å². The van der Waals surface area contributed by atoms with Gasteiger partial charge in [0.2, 0.25) is 0 Å². The van der Waals surface area contributed by atoms with E-state index in [-0.39, 0.29) is 5.78 Å². The molecular formula is C16H11BrClNO2. The minimum Gasteiger partial charge on any atom is -0.496 e. The number of benzene rings is 2. The predicted molar refractivity (Wildman–Crippen MR) is 84.8 cm³/mol. The molecule has 0 aromatic heterocycles. The molecule has 2 aromatic carbocycles. The molecule has 1 unspecified atom stereocenters. The summed E-state index contributed by atoms with van der Waals surface area (Å²) in [6, 6.07) is 13.9. The van der Waals surface area contributed by atoms with Gasteiger partial charge in [0.05, 0.1) is 18.7 Å². The lowest BCUT2D eigenvalue weighted by atomic mass is 9.91. The lowest BCUT2D eigenvalue weighted by Crippen LogP contribution is -2.12. The molecule has 3 nitrogen and oxygen atoms in total. The molecule has 1 atom stereocenters. The molecule has 0 N–H and O–H groups in total. The molecule has 0 bridgehead atoms.